The normalized spacial score (nSPS) is 11.7. The van der Waals surface area contributed by atoms with Gasteiger partial charge in [-0.1, -0.05) is 0 Å². The summed E-state index contributed by atoms with van der Waals surface area (Å²) in [5.74, 6) is 0. The van der Waals surface area contributed by atoms with Gasteiger partial charge in [0.1, 0.15) is 0 Å². The summed E-state index contributed by atoms with van der Waals surface area (Å²) in [4.78, 5) is 0. The van der Waals surface area contributed by atoms with Crippen LogP contribution < -0.4 is 4.46 Å². The molecule has 0 heterocycles. The van der Waals surface area contributed by atoms with Crippen LogP contribution in [0.4, 0.5) is 13.2 Å². The minimum atomic E-state index is -4.23. The van der Waals surface area contributed by atoms with Crippen LogP contribution in [0, 0.1) is 0 Å². The first-order chi connectivity index (χ1) is 5.54. The van der Waals surface area contributed by atoms with Gasteiger partial charge in [0.15, 0.2) is 0 Å². The zero-order valence-electron chi connectivity index (χ0n) is 5.73. The summed E-state index contributed by atoms with van der Waals surface area (Å²) in [5.41, 5.74) is -0.582. The van der Waals surface area contributed by atoms with Crippen molar-refractivity contribution >= 4 is 31.7 Å². The minimum absolute atomic E-state index is 0.0613. The van der Waals surface area contributed by atoms with Crippen LogP contribution >= 0.6 is 14.1 Å². The first kappa shape index (κ1) is 10.1. The molecule has 0 N–H and O–H groups in total. The van der Waals surface area contributed by atoms with E-state index < -0.39 is 11.7 Å². The van der Waals surface area contributed by atoms with Gasteiger partial charge in [0.2, 0.25) is 0 Å². The van der Waals surface area contributed by atoms with Gasteiger partial charge in [-0.3, -0.25) is 0 Å². The van der Waals surface area contributed by atoms with Crippen molar-refractivity contribution in [1.29, 1.82) is 0 Å². The second-order valence-corrected chi connectivity index (χ2v) is 5.10. The summed E-state index contributed by atoms with van der Waals surface area (Å²) in [7, 11) is 0. The fourth-order valence-electron chi connectivity index (χ4n) is 0.720. The molecule has 0 saturated heterocycles. The average Bonchev–Trinajstić information content (AvgIpc) is 2.03. The Morgan fingerprint density at radius 1 is 1.25 bits per heavy atom. The van der Waals surface area contributed by atoms with E-state index in [0.29, 0.717) is 4.46 Å². The van der Waals surface area contributed by atoms with Crippen molar-refractivity contribution in [2.24, 2.45) is 0 Å². The number of halogens is 4. The summed E-state index contributed by atoms with van der Waals surface area (Å²) < 4.78 is 37.0. The van der Waals surface area contributed by atoms with Gasteiger partial charge in [-0.25, -0.2) is 0 Å². The van der Waals surface area contributed by atoms with Gasteiger partial charge in [-0.05, 0) is 0 Å². The molecule has 0 saturated carbocycles. The number of benzene rings is 1. The summed E-state index contributed by atoms with van der Waals surface area (Å²) in [5, 5.41) is 0. The number of rotatable bonds is 1. The van der Waals surface area contributed by atoms with Crippen molar-refractivity contribution in [3.05, 3.63) is 29.8 Å². The second-order valence-electron chi connectivity index (χ2n) is 2.10. The van der Waals surface area contributed by atoms with E-state index in [9.17, 15) is 13.2 Å². The molecule has 5 heteroatoms. The van der Waals surface area contributed by atoms with E-state index >= 15 is 0 Å². The quantitative estimate of drug-likeness (QED) is 0.699. The second kappa shape index (κ2) is 3.81. The summed E-state index contributed by atoms with van der Waals surface area (Å²) in [6.07, 6.45) is -4.23. The Morgan fingerprint density at radius 2 is 1.92 bits per heavy atom. The van der Waals surface area contributed by atoms with E-state index in [-0.39, 0.29) is 13.1 Å². The van der Waals surface area contributed by atoms with Crippen molar-refractivity contribution in [2.75, 3.05) is 0 Å². The first-order valence-corrected chi connectivity index (χ1v) is 7.87. The van der Waals surface area contributed by atoms with E-state index in [1.807, 2.05) is 0 Å². The molecule has 0 spiro atoms. The molecule has 0 atom stereocenters. The van der Waals surface area contributed by atoms with Crippen LogP contribution in [0.15, 0.2) is 24.3 Å². The van der Waals surface area contributed by atoms with Crippen LogP contribution in [0.3, 0.4) is 0 Å². The Balaban J connectivity index is 3.02. The first-order valence-electron chi connectivity index (χ1n) is 3.00. The molecule has 0 aliphatic rings. The molecular weight excluding hydrogens is 300 g/mol. The van der Waals surface area contributed by atoms with E-state index in [4.69, 9.17) is 0 Å². The van der Waals surface area contributed by atoms with Gasteiger partial charge in [0.05, 0.1) is 0 Å². The molecule has 0 amide bonds. The molecule has 66 valence electrons. The molecule has 0 fully saturated rings. The number of alkyl halides is 3. The van der Waals surface area contributed by atoms with Crippen molar-refractivity contribution in [2.45, 2.75) is 6.18 Å². The van der Waals surface area contributed by atoms with Crippen molar-refractivity contribution in [3.8, 4) is 0 Å². The van der Waals surface area contributed by atoms with Gasteiger partial charge < -0.3 is 0 Å². The van der Waals surface area contributed by atoms with Gasteiger partial charge in [-0.2, -0.15) is 0 Å². The third-order valence-electron chi connectivity index (χ3n) is 1.25. The molecule has 0 aliphatic heterocycles. The van der Waals surface area contributed by atoms with E-state index in [0.717, 1.165) is 12.1 Å². The Morgan fingerprint density at radius 3 is 2.42 bits per heavy atom. The monoisotopic (exact) mass is 304 g/mol. The van der Waals surface area contributed by atoms with Gasteiger partial charge in [0.25, 0.3) is 0 Å². The molecule has 12 heavy (non-hydrogen) atoms. The van der Waals surface area contributed by atoms with Crippen molar-refractivity contribution < 1.29 is 13.2 Å². The Bertz CT molecular complexity index is 272. The predicted molar refractivity (Wildman–Crippen MR) is 45.8 cm³/mol. The van der Waals surface area contributed by atoms with E-state index in [1.54, 1.807) is 6.07 Å². The van der Waals surface area contributed by atoms with Crippen molar-refractivity contribution in [3.63, 3.8) is 0 Å². The Hall–Kier alpha value is 0.00948. The fraction of sp³-hybridized carbons (Fsp3) is 0.143. The summed E-state index contributed by atoms with van der Waals surface area (Å²) in [6, 6.07) is 5.32. The number of hydrogen-bond acceptors (Lipinski definition) is 0. The van der Waals surface area contributed by atoms with Crippen LogP contribution in [-0.4, -0.2) is 13.1 Å². The van der Waals surface area contributed by atoms with Crippen LogP contribution in [0.5, 0.6) is 0 Å². The molecule has 1 rings (SSSR count). The third kappa shape index (κ3) is 2.51. The van der Waals surface area contributed by atoms with E-state index in [2.05, 4.69) is 14.1 Å². The van der Waals surface area contributed by atoms with Crippen LogP contribution in [0.25, 0.3) is 0 Å². The zero-order valence-corrected chi connectivity index (χ0v) is 9.03. The zero-order chi connectivity index (χ0) is 9.19. The maximum atomic E-state index is 12.1. The molecule has 0 unspecified atom stereocenters. The van der Waals surface area contributed by atoms with Gasteiger partial charge >= 0.3 is 80.9 Å². The summed E-state index contributed by atoms with van der Waals surface area (Å²) >= 11 is 3.09. The molecular formula is C7H4BrF3Se. The molecule has 0 radical (unpaired) electrons. The maximum absolute atomic E-state index is 12.1. The van der Waals surface area contributed by atoms with E-state index in [1.165, 1.54) is 6.07 Å². The Kier molecular flexibility index (Phi) is 3.21. The molecule has 0 aromatic heterocycles. The fourth-order valence-corrected chi connectivity index (χ4v) is 2.40. The topological polar surface area (TPSA) is 0 Å². The van der Waals surface area contributed by atoms with Gasteiger partial charge in [-0.15, -0.1) is 0 Å². The standard InChI is InChI=1S/C7H4BrF3Se/c8-12-6-3-1-2-5(4-6)7(9,10)11/h1-4H. The van der Waals surface area contributed by atoms with Gasteiger partial charge in [0, 0.05) is 0 Å². The van der Waals surface area contributed by atoms with Crippen LogP contribution in [0.1, 0.15) is 5.56 Å². The number of hydrogen-bond donors (Lipinski definition) is 0. The molecule has 1 aromatic rings. The molecule has 0 bridgehead atoms. The molecule has 1 aromatic carbocycles. The molecule has 0 nitrogen and oxygen atoms in total. The van der Waals surface area contributed by atoms with Crippen LogP contribution in [-0.2, 0) is 6.18 Å². The average molecular weight is 304 g/mol. The Labute approximate surface area is 81.0 Å². The van der Waals surface area contributed by atoms with Crippen LogP contribution in [0.2, 0.25) is 0 Å². The molecule has 0 aliphatic carbocycles. The summed E-state index contributed by atoms with van der Waals surface area (Å²) in [6.45, 7) is 0. The van der Waals surface area contributed by atoms with Crippen molar-refractivity contribution in [1.82, 2.24) is 0 Å². The SMILES string of the molecule is FC(F)(F)c1cccc([Se]Br)c1. The predicted octanol–water partition coefficient (Wildman–Crippen LogP) is 2.34. The third-order valence-corrected chi connectivity index (χ3v) is 4.10.